The highest BCUT2D eigenvalue weighted by Crippen LogP contribution is 2.39. The van der Waals surface area contributed by atoms with E-state index in [4.69, 9.17) is 9.51 Å². The van der Waals surface area contributed by atoms with Gasteiger partial charge < -0.3 is 9.84 Å². The maximum absolute atomic E-state index is 13.4. The second-order valence-corrected chi connectivity index (χ2v) is 9.19. The zero-order valence-corrected chi connectivity index (χ0v) is 20.6. The highest BCUT2D eigenvalue weighted by molar-refractivity contribution is 6.01. The summed E-state index contributed by atoms with van der Waals surface area (Å²) in [5, 5.41) is 7.46. The molecule has 0 aliphatic carbocycles. The standard InChI is InChI=1S/C29H28N4O2/c1-17-8-6-10-23(14-17)27-31-28(35-32-27)25-21(5)33(24-11-7-9-18(2)15-24)29(34)30-26(25)22-13-12-19(3)20(4)16-22/h6-16,26H,1-5H3,(H,30,34). The van der Waals surface area contributed by atoms with Gasteiger partial charge in [-0.15, -0.1) is 0 Å². The molecule has 0 spiro atoms. The lowest BCUT2D eigenvalue weighted by Crippen LogP contribution is -2.46. The first-order chi connectivity index (χ1) is 16.8. The molecule has 1 unspecified atom stereocenters. The van der Waals surface area contributed by atoms with Gasteiger partial charge in [-0.25, -0.2) is 4.79 Å². The number of amides is 2. The number of nitrogens with one attached hydrogen (secondary N) is 1. The van der Waals surface area contributed by atoms with Gasteiger partial charge in [0.1, 0.15) is 0 Å². The monoisotopic (exact) mass is 464 g/mol. The summed E-state index contributed by atoms with van der Waals surface area (Å²) in [6.45, 7) is 10.1. The van der Waals surface area contributed by atoms with Crippen molar-refractivity contribution in [2.75, 3.05) is 4.90 Å². The van der Waals surface area contributed by atoms with Crippen molar-refractivity contribution in [1.29, 1.82) is 0 Å². The fourth-order valence-corrected chi connectivity index (χ4v) is 4.53. The van der Waals surface area contributed by atoms with Gasteiger partial charge in [-0.1, -0.05) is 59.3 Å². The Morgan fingerprint density at radius 3 is 2.31 bits per heavy atom. The van der Waals surface area contributed by atoms with Gasteiger partial charge in [-0.3, -0.25) is 4.90 Å². The minimum Gasteiger partial charge on any atom is -0.334 e. The number of urea groups is 1. The molecule has 1 aromatic heterocycles. The molecular weight excluding hydrogens is 436 g/mol. The van der Waals surface area contributed by atoms with Crippen molar-refractivity contribution in [3.8, 4) is 11.4 Å². The van der Waals surface area contributed by atoms with Crippen LogP contribution in [-0.2, 0) is 0 Å². The van der Waals surface area contributed by atoms with Crippen molar-refractivity contribution in [1.82, 2.24) is 15.5 Å². The van der Waals surface area contributed by atoms with E-state index in [2.05, 4.69) is 36.5 Å². The van der Waals surface area contributed by atoms with Crippen LogP contribution in [0.2, 0.25) is 0 Å². The second-order valence-electron chi connectivity index (χ2n) is 9.19. The van der Waals surface area contributed by atoms with Gasteiger partial charge in [-0.05, 0) is 75.1 Å². The first-order valence-electron chi connectivity index (χ1n) is 11.7. The van der Waals surface area contributed by atoms with E-state index in [1.807, 2.05) is 75.4 Å². The van der Waals surface area contributed by atoms with E-state index in [1.165, 1.54) is 5.56 Å². The number of carbonyl (C=O) groups is 1. The third-order valence-corrected chi connectivity index (χ3v) is 6.54. The number of rotatable bonds is 4. The highest BCUT2D eigenvalue weighted by atomic mass is 16.5. The maximum Gasteiger partial charge on any atom is 0.326 e. The van der Waals surface area contributed by atoms with E-state index in [9.17, 15) is 4.79 Å². The average molecular weight is 465 g/mol. The van der Waals surface area contributed by atoms with E-state index < -0.39 is 6.04 Å². The number of carbonyl (C=O) groups excluding carboxylic acids is 1. The number of aromatic nitrogens is 2. The molecule has 4 aromatic rings. The minimum absolute atomic E-state index is 0.196. The SMILES string of the molecule is CC1=C(c2nc(-c3cccc(C)c3)no2)C(c2ccc(C)c(C)c2)NC(=O)N1c1cccc(C)c1. The molecule has 2 heterocycles. The van der Waals surface area contributed by atoms with Gasteiger partial charge in [0, 0.05) is 11.3 Å². The van der Waals surface area contributed by atoms with Crippen molar-refractivity contribution in [2.45, 2.75) is 40.7 Å². The van der Waals surface area contributed by atoms with Gasteiger partial charge in [0.15, 0.2) is 0 Å². The average Bonchev–Trinajstić information content (AvgIpc) is 3.30. The fraction of sp³-hybridized carbons (Fsp3) is 0.207. The number of anilines is 1. The normalized spacial score (nSPS) is 16.0. The Bertz CT molecular complexity index is 1470. The molecule has 2 amide bonds. The zero-order chi connectivity index (χ0) is 24.7. The molecule has 35 heavy (non-hydrogen) atoms. The summed E-state index contributed by atoms with van der Waals surface area (Å²) in [6, 6.07) is 21.5. The van der Waals surface area contributed by atoms with Crippen LogP contribution >= 0.6 is 0 Å². The minimum atomic E-state index is -0.423. The number of allylic oxidation sites excluding steroid dienone is 1. The van der Waals surface area contributed by atoms with Crippen molar-refractivity contribution in [3.63, 3.8) is 0 Å². The van der Waals surface area contributed by atoms with Crippen molar-refractivity contribution in [2.24, 2.45) is 0 Å². The first kappa shape index (κ1) is 22.6. The molecule has 1 aliphatic rings. The van der Waals surface area contributed by atoms with Crippen molar-refractivity contribution < 1.29 is 9.32 Å². The Kier molecular flexibility index (Phi) is 5.73. The Balaban J connectivity index is 1.68. The van der Waals surface area contributed by atoms with Crippen LogP contribution in [0.5, 0.6) is 0 Å². The molecule has 3 aromatic carbocycles. The molecule has 0 radical (unpaired) electrons. The second kappa shape index (κ2) is 8.87. The zero-order valence-electron chi connectivity index (χ0n) is 20.6. The molecule has 0 saturated carbocycles. The predicted molar refractivity (Wildman–Crippen MR) is 138 cm³/mol. The Hall–Kier alpha value is -4.19. The van der Waals surface area contributed by atoms with E-state index in [1.54, 1.807) is 4.90 Å². The molecule has 1 atom stereocenters. The number of aryl methyl sites for hydroxylation is 4. The highest BCUT2D eigenvalue weighted by Gasteiger charge is 2.36. The smallest absolute Gasteiger partial charge is 0.326 e. The van der Waals surface area contributed by atoms with Crippen LogP contribution in [-0.4, -0.2) is 16.2 Å². The summed E-state index contributed by atoms with van der Waals surface area (Å²) in [5.74, 6) is 0.904. The largest absolute Gasteiger partial charge is 0.334 e. The molecule has 0 saturated heterocycles. The van der Waals surface area contributed by atoms with Crippen molar-refractivity contribution >= 4 is 17.3 Å². The van der Waals surface area contributed by atoms with Gasteiger partial charge >= 0.3 is 6.03 Å². The number of benzene rings is 3. The molecule has 6 heteroatoms. The summed E-state index contributed by atoms with van der Waals surface area (Å²) in [4.78, 5) is 19.9. The molecule has 0 fully saturated rings. The van der Waals surface area contributed by atoms with Crippen LogP contribution in [0.4, 0.5) is 10.5 Å². The van der Waals surface area contributed by atoms with Crippen molar-refractivity contribution in [3.05, 3.63) is 106 Å². The van der Waals surface area contributed by atoms with Gasteiger partial charge in [0.2, 0.25) is 5.82 Å². The maximum atomic E-state index is 13.4. The topological polar surface area (TPSA) is 71.3 Å². The van der Waals surface area contributed by atoms with Gasteiger partial charge in [-0.2, -0.15) is 4.98 Å². The van der Waals surface area contributed by atoms with Gasteiger partial charge in [0.25, 0.3) is 5.89 Å². The Labute approximate surface area is 205 Å². The molecular formula is C29H28N4O2. The van der Waals surface area contributed by atoms with E-state index >= 15 is 0 Å². The third-order valence-electron chi connectivity index (χ3n) is 6.54. The molecule has 5 rings (SSSR count). The summed E-state index contributed by atoms with van der Waals surface area (Å²) in [5.41, 5.74) is 8.71. The lowest BCUT2D eigenvalue weighted by molar-refractivity contribution is 0.244. The Morgan fingerprint density at radius 2 is 1.60 bits per heavy atom. The van der Waals surface area contributed by atoms with Crippen LogP contribution in [0.15, 0.2) is 77.0 Å². The van der Waals surface area contributed by atoms with Crippen LogP contribution in [0.25, 0.3) is 17.0 Å². The van der Waals surface area contributed by atoms with E-state index in [0.29, 0.717) is 11.7 Å². The summed E-state index contributed by atoms with van der Waals surface area (Å²) >= 11 is 0. The summed E-state index contributed by atoms with van der Waals surface area (Å²) in [7, 11) is 0. The van der Waals surface area contributed by atoms with Crippen LogP contribution in [0.3, 0.4) is 0 Å². The molecule has 176 valence electrons. The number of hydrogen-bond donors (Lipinski definition) is 1. The predicted octanol–water partition coefficient (Wildman–Crippen LogP) is 6.67. The van der Waals surface area contributed by atoms with E-state index in [-0.39, 0.29) is 6.03 Å². The van der Waals surface area contributed by atoms with Crippen LogP contribution in [0.1, 0.15) is 46.7 Å². The number of hydrogen-bond acceptors (Lipinski definition) is 4. The first-order valence-corrected chi connectivity index (χ1v) is 11.7. The molecule has 1 aliphatic heterocycles. The van der Waals surface area contributed by atoms with Gasteiger partial charge in [0.05, 0.1) is 17.3 Å². The quantitative estimate of drug-likeness (QED) is 0.366. The fourth-order valence-electron chi connectivity index (χ4n) is 4.53. The van der Waals surface area contributed by atoms with Crippen LogP contribution in [0, 0.1) is 27.7 Å². The lowest BCUT2D eigenvalue weighted by Gasteiger charge is -2.35. The number of nitrogens with zero attached hydrogens (tertiary/aromatic N) is 3. The molecule has 0 bridgehead atoms. The summed E-state index contributed by atoms with van der Waals surface area (Å²) in [6.07, 6.45) is 0. The summed E-state index contributed by atoms with van der Waals surface area (Å²) < 4.78 is 5.82. The van der Waals surface area contributed by atoms with E-state index in [0.717, 1.165) is 44.8 Å². The van der Waals surface area contributed by atoms with Crippen LogP contribution < -0.4 is 10.2 Å². The molecule has 6 nitrogen and oxygen atoms in total. The molecule has 1 N–H and O–H groups in total. The third kappa shape index (κ3) is 4.23. The lowest BCUT2D eigenvalue weighted by atomic mass is 9.92. The Morgan fingerprint density at radius 1 is 0.857 bits per heavy atom.